The molecule has 1 aromatic carbocycles. The molecule has 9 nitrogen and oxygen atoms in total. The molecule has 3 atom stereocenters. The Morgan fingerprint density at radius 3 is 2.58 bits per heavy atom. The number of imidazole rings is 1. The fourth-order valence-corrected chi connectivity index (χ4v) is 4.92. The first-order valence-electron chi connectivity index (χ1n) is 12.8. The maximum atomic E-state index is 12.1. The van der Waals surface area contributed by atoms with E-state index in [-0.39, 0.29) is 31.7 Å². The molecule has 1 saturated heterocycles. The number of hydrogen-bond acceptors (Lipinski definition) is 6. The van der Waals surface area contributed by atoms with Crippen LogP contribution in [0, 0.1) is 0 Å². The van der Waals surface area contributed by atoms with Crippen LogP contribution in [0.3, 0.4) is 0 Å². The number of urea groups is 1. The minimum absolute atomic E-state index is 0. The van der Waals surface area contributed by atoms with E-state index in [2.05, 4.69) is 69.5 Å². The summed E-state index contributed by atoms with van der Waals surface area (Å²) in [5, 5.41) is 5.49. The Morgan fingerprint density at radius 1 is 1.13 bits per heavy atom. The van der Waals surface area contributed by atoms with Crippen LogP contribution in [-0.4, -0.2) is 62.7 Å². The highest BCUT2D eigenvalue weighted by Crippen LogP contribution is 2.33. The normalized spacial score (nSPS) is 18.5. The molecule has 1 unspecified atom stereocenters. The van der Waals surface area contributed by atoms with Crippen molar-refractivity contribution in [2.45, 2.75) is 53.4 Å². The third-order valence-corrected chi connectivity index (χ3v) is 6.64. The summed E-state index contributed by atoms with van der Waals surface area (Å²) in [5.74, 6) is 0.381. The lowest BCUT2D eigenvalue weighted by Crippen LogP contribution is -2.46. The van der Waals surface area contributed by atoms with Gasteiger partial charge in [-0.3, -0.25) is 20.2 Å². The van der Waals surface area contributed by atoms with E-state index in [0.29, 0.717) is 12.5 Å². The lowest BCUT2D eigenvalue weighted by atomic mass is 10.00. The lowest BCUT2D eigenvalue weighted by molar-refractivity contribution is -0.0793. The quantitative estimate of drug-likeness (QED) is 0.307. The summed E-state index contributed by atoms with van der Waals surface area (Å²) in [7, 11) is 0. The molecular weight excluding hydrogens is 478 g/mol. The summed E-state index contributed by atoms with van der Waals surface area (Å²) in [6, 6.07) is 14.0. The number of fused-ring (bicyclic) bond motifs is 1. The molecular formula is C29H37N7O2. The number of nitrogens with one attached hydrogen (secondary N) is 3. The number of H-pyrrole nitrogens is 1. The number of hydrogen-bond donors (Lipinski definition) is 3. The molecule has 0 spiro atoms. The smallest absolute Gasteiger partial charge is 0.321 e. The van der Waals surface area contributed by atoms with Crippen molar-refractivity contribution in [3.8, 4) is 22.4 Å². The first-order valence-corrected chi connectivity index (χ1v) is 12.8. The van der Waals surface area contributed by atoms with Crippen LogP contribution in [0.4, 0.5) is 10.7 Å². The summed E-state index contributed by atoms with van der Waals surface area (Å²) in [6.45, 7) is 10.6. The predicted molar refractivity (Wildman–Crippen MR) is 152 cm³/mol. The van der Waals surface area contributed by atoms with E-state index >= 15 is 0 Å². The van der Waals surface area contributed by atoms with Crippen LogP contribution in [0.25, 0.3) is 33.4 Å². The summed E-state index contributed by atoms with van der Waals surface area (Å²) < 4.78 is 5.90. The number of carbonyl (C=O) groups excluding carboxylic acids is 1. The number of amides is 2. The highest BCUT2D eigenvalue weighted by atomic mass is 16.5. The lowest BCUT2D eigenvalue weighted by Gasteiger charge is -2.38. The van der Waals surface area contributed by atoms with Gasteiger partial charge in [-0.1, -0.05) is 19.6 Å². The minimum atomic E-state index is -0.306. The zero-order chi connectivity index (χ0) is 25.9. The van der Waals surface area contributed by atoms with Crippen LogP contribution in [0.2, 0.25) is 0 Å². The average molecular weight is 516 g/mol. The van der Waals surface area contributed by atoms with Gasteiger partial charge in [0.1, 0.15) is 0 Å². The standard InChI is InChI=1S/C28H33N7O2.CH4/c1-5-29-28(36)34-27-32-25-13-21(12-22(26(25)33-27)24-8-6-7-11-30-24)20-9-10-23(31-14-20)19(4)35-15-17(2)37-18(3)16-35;/h6-14,17-19H,5,15-16H2,1-4H3,(H3,29,32,33,34,36);1H4/t17-,18+,19?;. The summed E-state index contributed by atoms with van der Waals surface area (Å²) in [6.07, 6.45) is 4.11. The third-order valence-electron chi connectivity index (χ3n) is 6.64. The number of ether oxygens (including phenoxy) is 1. The summed E-state index contributed by atoms with van der Waals surface area (Å²) in [5.41, 5.74) is 6.24. The van der Waals surface area contributed by atoms with E-state index in [1.54, 1.807) is 6.20 Å². The molecule has 3 N–H and O–H groups in total. The second kappa shape index (κ2) is 11.7. The van der Waals surface area contributed by atoms with Crippen molar-refractivity contribution in [3.63, 3.8) is 0 Å². The van der Waals surface area contributed by atoms with Gasteiger partial charge >= 0.3 is 6.03 Å². The van der Waals surface area contributed by atoms with E-state index < -0.39 is 0 Å². The van der Waals surface area contributed by atoms with Crippen LogP contribution >= 0.6 is 0 Å². The van der Waals surface area contributed by atoms with Crippen molar-refractivity contribution < 1.29 is 9.53 Å². The van der Waals surface area contributed by atoms with Crippen LogP contribution in [0.15, 0.2) is 54.9 Å². The van der Waals surface area contributed by atoms with Gasteiger partial charge in [0, 0.05) is 49.2 Å². The predicted octanol–water partition coefficient (Wildman–Crippen LogP) is 5.63. The zero-order valence-electron chi connectivity index (χ0n) is 21.7. The molecule has 5 rings (SSSR count). The summed E-state index contributed by atoms with van der Waals surface area (Å²) >= 11 is 0. The fourth-order valence-electron chi connectivity index (χ4n) is 4.92. The number of nitrogens with zero attached hydrogens (tertiary/aromatic N) is 4. The van der Waals surface area contributed by atoms with Crippen molar-refractivity contribution in [1.29, 1.82) is 0 Å². The Balaban J connectivity index is 0.00000336. The zero-order valence-corrected chi connectivity index (χ0v) is 21.7. The number of carbonyl (C=O) groups is 1. The molecule has 0 aliphatic carbocycles. The Labute approximate surface area is 224 Å². The van der Waals surface area contributed by atoms with Gasteiger partial charge in [-0.05, 0) is 63.6 Å². The molecule has 9 heteroatoms. The SMILES string of the molecule is C.CCNC(=O)Nc1nc2c(-c3ccccn3)cc(-c3ccc(C(C)N4C[C@@H](C)O[C@@H](C)C4)nc3)cc2[nH]1. The second-order valence-corrected chi connectivity index (χ2v) is 9.56. The fraction of sp³-hybridized carbons (Fsp3) is 0.379. The van der Waals surface area contributed by atoms with Crippen molar-refractivity contribution >= 4 is 23.0 Å². The van der Waals surface area contributed by atoms with Crippen molar-refractivity contribution in [1.82, 2.24) is 30.2 Å². The van der Waals surface area contributed by atoms with Gasteiger partial charge in [0.15, 0.2) is 0 Å². The molecule has 4 aromatic rings. The van der Waals surface area contributed by atoms with Crippen molar-refractivity contribution in [2.75, 3.05) is 25.0 Å². The van der Waals surface area contributed by atoms with Gasteiger partial charge in [0.05, 0.1) is 34.6 Å². The number of pyridine rings is 2. The Kier molecular flexibility index (Phi) is 8.38. The monoisotopic (exact) mass is 515 g/mol. The first kappa shape index (κ1) is 27.2. The highest BCUT2D eigenvalue weighted by molar-refractivity contribution is 5.97. The van der Waals surface area contributed by atoms with Gasteiger partial charge in [-0.15, -0.1) is 0 Å². The highest BCUT2D eigenvalue weighted by Gasteiger charge is 2.27. The first-order chi connectivity index (χ1) is 17.9. The number of rotatable bonds is 6. The van der Waals surface area contributed by atoms with Crippen molar-refractivity contribution in [2.24, 2.45) is 0 Å². The van der Waals surface area contributed by atoms with Crippen molar-refractivity contribution in [3.05, 3.63) is 60.6 Å². The molecule has 4 heterocycles. The molecule has 1 aliphatic rings. The molecule has 38 heavy (non-hydrogen) atoms. The largest absolute Gasteiger partial charge is 0.373 e. The maximum Gasteiger partial charge on any atom is 0.321 e. The van der Waals surface area contributed by atoms with Crippen LogP contribution in [0.1, 0.15) is 46.9 Å². The maximum absolute atomic E-state index is 12.1. The number of morpholine rings is 1. The topological polar surface area (TPSA) is 108 Å². The average Bonchev–Trinajstić information content (AvgIpc) is 3.30. The third kappa shape index (κ3) is 5.84. The molecule has 0 bridgehead atoms. The number of anilines is 1. The Morgan fingerprint density at radius 2 is 1.92 bits per heavy atom. The molecule has 3 aromatic heterocycles. The van der Waals surface area contributed by atoms with E-state index in [4.69, 9.17) is 9.72 Å². The van der Waals surface area contributed by atoms with E-state index in [1.165, 1.54) is 0 Å². The molecule has 1 fully saturated rings. The second-order valence-electron chi connectivity index (χ2n) is 9.56. The number of benzene rings is 1. The van der Waals surface area contributed by atoms with Gasteiger partial charge in [0.2, 0.25) is 5.95 Å². The van der Waals surface area contributed by atoms with Gasteiger partial charge < -0.3 is 15.0 Å². The molecule has 2 amide bonds. The van der Waals surface area contributed by atoms with Gasteiger partial charge in [-0.25, -0.2) is 9.78 Å². The molecule has 0 radical (unpaired) electrons. The number of aromatic amines is 1. The Hall–Kier alpha value is -3.82. The van der Waals surface area contributed by atoms with Crippen LogP contribution < -0.4 is 10.6 Å². The molecule has 200 valence electrons. The van der Waals surface area contributed by atoms with E-state index in [1.807, 2.05) is 37.4 Å². The van der Waals surface area contributed by atoms with Crippen LogP contribution in [0.5, 0.6) is 0 Å². The summed E-state index contributed by atoms with van der Waals surface area (Å²) in [4.78, 5) is 31.8. The van der Waals surface area contributed by atoms with Crippen LogP contribution in [-0.2, 0) is 4.74 Å². The molecule has 0 saturated carbocycles. The minimum Gasteiger partial charge on any atom is -0.373 e. The number of aromatic nitrogens is 4. The Bertz CT molecular complexity index is 1360. The van der Waals surface area contributed by atoms with E-state index in [0.717, 1.165) is 52.2 Å². The van der Waals surface area contributed by atoms with E-state index in [9.17, 15) is 4.79 Å². The molecule has 1 aliphatic heterocycles. The van der Waals surface area contributed by atoms with Gasteiger partial charge in [-0.2, -0.15) is 0 Å². The van der Waals surface area contributed by atoms with Gasteiger partial charge in [0.25, 0.3) is 0 Å².